The Kier molecular flexibility index (Phi) is 5.50. The van der Waals surface area contributed by atoms with Crippen LogP contribution in [-0.2, 0) is 6.42 Å². The van der Waals surface area contributed by atoms with Crippen LogP contribution in [0.4, 0.5) is 0 Å². The van der Waals surface area contributed by atoms with Gasteiger partial charge in [0.25, 0.3) is 0 Å². The van der Waals surface area contributed by atoms with Crippen molar-refractivity contribution in [2.24, 2.45) is 5.92 Å². The largest absolute Gasteiger partial charge is 0.391 e. The molecule has 1 aromatic carbocycles. The van der Waals surface area contributed by atoms with E-state index < -0.39 is 0 Å². The molecule has 2 atom stereocenters. The number of aliphatic hydroxyl groups excluding tert-OH is 1. The molecule has 2 unspecified atom stereocenters. The van der Waals surface area contributed by atoms with Gasteiger partial charge in [-0.2, -0.15) is 0 Å². The number of hydrogen-bond acceptors (Lipinski definition) is 2. The van der Waals surface area contributed by atoms with Crippen molar-refractivity contribution in [2.45, 2.75) is 39.3 Å². The zero-order valence-electron chi connectivity index (χ0n) is 10.5. The first-order valence-corrected chi connectivity index (χ1v) is 6.05. The minimum atomic E-state index is -0.318. The van der Waals surface area contributed by atoms with Gasteiger partial charge in [0, 0.05) is 6.04 Å². The Morgan fingerprint density at radius 1 is 1.12 bits per heavy atom. The lowest BCUT2D eigenvalue weighted by Gasteiger charge is -2.21. The first kappa shape index (κ1) is 13.2. The Hall–Kier alpha value is -0.860. The summed E-state index contributed by atoms with van der Waals surface area (Å²) in [5, 5.41) is 13.4. The van der Waals surface area contributed by atoms with Crippen LogP contribution in [0.25, 0.3) is 0 Å². The lowest BCUT2D eigenvalue weighted by Crippen LogP contribution is -2.40. The van der Waals surface area contributed by atoms with Crippen LogP contribution in [0, 0.1) is 5.92 Å². The summed E-state index contributed by atoms with van der Waals surface area (Å²) in [6, 6.07) is 10.3. The minimum Gasteiger partial charge on any atom is -0.391 e. The van der Waals surface area contributed by atoms with Crippen molar-refractivity contribution in [3.05, 3.63) is 35.9 Å². The molecule has 0 spiro atoms. The van der Waals surface area contributed by atoms with Gasteiger partial charge < -0.3 is 10.4 Å². The third kappa shape index (κ3) is 4.77. The molecule has 0 aliphatic heterocycles. The number of benzene rings is 1. The molecule has 2 heteroatoms. The zero-order valence-corrected chi connectivity index (χ0v) is 10.5. The molecule has 0 fully saturated rings. The fourth-order valence-electron chi connectivity index (χ4n) is 1.59. The Balaban J connectivity index is 2.37. The quantitative estimate of drug-likeness (QED) is 0.772. The SMILES string of the molecule is CC(C)CNC(C)C(O)Cc1ccccc1. The highest BCUT2D eigenvalue weighted by atomic mass is 16.3. The molecule has 90 valence electrons. The standard InChI is InChI=1S/C14H23NO/c1-11(2)10-15-12(3)14(16)9-13-7-5-4-6-8-13/h4-8,11-12,14-16H,9-10H2,1-3H3. The number of aliphatic hydroxyl groups is 1. The highest BCUT2D eigenvalue weighted by Gasteiger charge is 2.14. The van der Waals surface area contributed by atoms with Crippen LogP contribution in [0.5, 0.6) is 0 Å². The van der Waals surface area contributed by atoms with E-state index >= 15 is 0 Å². The Morgan fingerprint density at radius 2 is 1.75 bits per heavy atom. The van der Waals surface area contributed by atoms with Crippen LogP contribution in [-0.4, -0.2) is 23.8 Å². The first-order chi connectivity index (χ1) is 7.59. The predicted octanol–water partition coefficient (Wildman–Crippen LogP) is 2.22. The number of rotatable bonds is 6. The summed E-state index contributed by atoms with van der Waals surface area (Å²) in [5.41, 5.74) is 1.19. The van der Waals surface area contributed by atoms with Gasteiger partial charge in [-0.25, -0.2) is 0 Å². The molecule has 0 aromatic heterocycles. The first-order valence-electron chi connectivity index (χ1n) is 6.05. The van der Waals surface area contributed by atoms with Gasteiger partial charge in [-0.3, -0.25) is 0 Å². The minimum absolute atomic E-state index is 0.141. The van der Waals surface area contributed by atoms with E-state index in [1.54, 1.807) is 0 Å². The molecule has 2 nitrogen and oxygen atoms in total. The zero-order chi connectivity index (χ0) is 12.0. The molecule has 0 saturated heterocycles. The average Bonchev–Trinajstić information content (AvgIpc) is 2.27. The maximum Gasteiger partial charge on any atom is 0.0730 e. The molecule has 0 saturated carbocycles. The molecule has 0 aliphatic rings. The lowest BCUT2D eigenvalue weighted by atomic mass is 10.0. The lowest BCUT2D eigenvalue weighted by molar-refractivity contribution is 0.133. The highest BCUT2D eigenvalue weighted by molar-refractivity contribution is 5.15. The normalized spacial score (nSPS) is 15.1. The van der Waals surface area contributed by atoms with Crippen LogP contribution in [0.3, 0.4) is 0 Å². The molecule has 0 aliphatic carbocycles. The second kappa shape index (κ2) is 6.66. The van der Waals surface area contributed by atoms with Gasteiger partial charge in [0.1, 0.15) is 0 Å². The summed E-state index contributed by atoms with van der Waals surface area (Å²) >= 11 is 0. The predicted molar refractivity (Wildman–Crippen MR) is 68.5 cm³/mol. The number of hydrogen-bond donors (Lipinski definition) is 2. The smallest absolute Gasteiger partial charge is 0.0730 e. The summed E-state index contributed by atoms with van der Waals surface area (Å²) in [6.07, 6.45) is 0.397. The molecule has 0 amide bonds. The van der Waals surface area contributed by atoms with Crippen molar-refractivity contribution < 1.29 is 5.11 Å². The van der Waals surface area contributed by atoms with E-state index in [0.29, 0.717) is 12.3 Å². The van der Waals surface area contributed by atoms with Gasteiger partial charge in [0.2, 0.25) is 0 Å². The van der Waals surface area contributed by atoms with Crippen LogP contribution >= 0.6 is 0 Å². The van der Waals surface area contributed by atoms with E-state index in [2.05, 4.69) is 31.3 Å². The van der Waals surface area contributed by atoms with E-state index in [9.17, 15) is 5.11 Å². The van der Waals surface area contributed by atoms with Crippen LogP contribution in [0.2, 0.25) is 0 Å². The van der Waals surface area contributed by atoms with Gasteiger partial charge in [-0.05, 0) is 31.4 Å². The van der Waals surface area contributed by atoms with Crippen LogP contribution in [0.15, 0.2) is 30.3 Å². The molecular formula is C14H23NO. The third-order valence-electron chi connectivity index (χ3n) is 2.71. The van der Waals surface area contributed by atoms with Gasteiger partial charge in [0.05, 0.1) is 6.10 Å². The number of nitrogens with one attached hydrogen (secondary N) is 1. The highest BCUT2D eigenvalue weighted by Crippen LogP contribution is 2.06. The van der Waals surface area contributed by atoms with Crippen molar-refractivity contribution in [1.82, 2.24) is 5.32 Å². The summed E-state index contributed by atoms with van der Waals surface area (Å²) in [6.45, 7) is 7.33. The fraction of sp³-hybridized carbons (Fsp3) is 0.571. The monoisotopic (exact) mass is 221 g/mol. The van der Waals surface area contributed by atoms with Crippen LogP contribution < -0.4 is 5.32 Å². The second-order valence-electron chi connectivity index (χ2n) is 4.85. The Labute approximate surface area is 98.7 Å². The summed E-state index contributed by atoms with van der Waals surface area (Å²) < 4.78 is 0. The van der Waals surface area contributed by atoms with E-state index in [4.69, 9.17) is 0 Å². The van der Waals surface area contributed by atoms with Gasteiger partial charge >= 0.3 is 0 Å². The summed E-state index contributed by atoms with van der Waals surface area (Å²) in [4.78, 5) is 0. The summed E-state index contributed by atoms with van der Waals surface area (Å²) in [7, 11) is 0. The molecule has 0 radical (unpaired) electrons. The molecular weight excluding hydrogens is 198 g/mol. The second-order valence-corrected chi connectivity index (χ2v) is 4.85. The topological polar surface area (TPSA) is 32.3 Å². The average molecular weight is 221 g/mol. The maximum absolute atomic E-state index is 10.0. The van der Waals surface area contributed by atoms with Crippen molar-refractivity contribution in [1.29, 1.82) is 0 Å². The van der Waals surface area contributed by atoms with E-state index in [0.717, 1.165) is 6.54 Å². The molecule has 16 heavy (non-hydrogen) atoms. The van der Waals surface area contributed by atoms with E-state index in [1.807, 2.05) is 25.1 Å². The maximum atomic E-state index is 10.0. The Bertz CT molecular complexity index is 284. The van der Waals surface area contributed by atoms with Crippen LogP contribution in [0.1, 0.15) is 26.3 Å². The van der Waals surface area contributed by atoms with Gasteiger partial charge in [0.15, 0.2) is 0 Å². The summed E-state index contributed by atoms with van der Waals surface area (Å²) in [5.74, 6) is 0.617. The molecule has 1 aromatic rings. The van der Waals surface area contributed by atoms with Crippen molar-refractivity contribution in [3.8, 4) is 0 Å². The fourth-order valence-corrected chi connectivity index (χ4v) is 1.59. The van der Waals surface area contributed by atoms with Gasteiger partial charge in [-0.15, -0.1) is 0 Å². The van der Waals surface area contributed by atoms with Crippen molar-refractivity contribution in [2.75, 3.05) is 6.54 Å². The molecule has 1 rings (SSSR count). The van der Waals surface area contributed by atoms with Gasteiger partial charge in [-0.1, -0.05) is 44.2 Å². The van der Waals surface area contributed by atoms with Crippen molar-refractivity contribution in [3.63, 3.8) is 0 Å². The third-order valence-corrected chi connectivity index (χ3v) is 2.71. The van der Waals surface area contributed by atoms with E-state index in [-0.39, 0.29) is 12.1 Å². The molecule has 2 N–H and O–H groups in total. The Morgan fingerprint density at radius 3 is 2.31 bits per heavy atom. The van der Waals surface area contributed by atoms with E-state index in [1.165, 1.54) is 5.56 Å². The molecule has 0 heterocycles. The molecule has 0 bridgehead atoms. The van der Waals surface area contributed by atoms with Crippen molar-refractivity contribution >= 4 is 0 Å².